The Morgan fingerprint density at radius 3 is 2.28 bits per heavy atom. The van der Waals surface area contributed by atoms with Gasteiger partial charge in [-0.2, -0.15) is 0 Å². The summed E-state index contributed by atoms with van der Waals surface area (Å²) in [7, 11) is 0. The van der Waals surface area contributed by atoms with E-state index in [4.69, 9.17) is 0 Å². The molecule has 3 heteroatoms. The minimum atomic E-state index is -0.206. The third-order valence-corrected chi connectivity index (χ3v) is 3.37. The van der Waals surface area contributed by atoms with Gasteiger partial charge in [-0.3, -0.25) is 0 Å². The molecule has 1 aromatic rings. The summed E-state index contributed by atoms with van der Waals surface area (Å²) in [5.41, 5.74) is 1.29. The van der Waals surface area contributed by atoms with Crippen LogP contribution in [0, 0.1) is 11.2 Å². The summed E-state index contributed by atoms with van der Waals surface area (Å²) >= 11 is 3.16. The van der Waals surface area contributed by atoms with Crippen LogP contribution in [0.25, 0.3) is 0 Å². The Morgan fingerprint density at radius 2 is 1.78 bits per heavy atom. The van der Waals surface area contributed by atoms with E-state index in [1.807, 2.05) is 6.07 Å². The molecule has 1 rings (SSSR count). The molecule has 0 heterocycles. The van der Waals surface area contributed by atoms with Crippen LogP contribution >= 0.6 is 15.9 Å². The van der Waals surface area contributed by atoms with Crippen molar-refractivity contribution in [1.29, 1.82) is 0 Å². The first-order valence-electron chi connectivity index (χ1n) is 6.28. The van der Waals surface area contributed by atoms with Crippen molar-refractivity contribution in [3.8, 4) is 0 Å². The van der Waals surface area contributed by atoms with E-state index in [0.717, 1.165) is 12.0 Å². The maximum atomic E-state index is 13.4. The standard InChI is InChI=1S/C15H23BrFN/c1-14(2,3)10-15(4,5)18-9-11-6-7-12(16)13(17)8-11/h6-8,18H,9-10H2,1-5H3. The number of hydrogen-bond acceptors (Lipinski definition) is 1. The predicted octanol–water partition coefficient (Wildman–Crippen LogP) is 4.89. The van der Waals surface area contributed by atoms with E-state index >= 15 is 0 Å². The van der Waals surface area contributed by atoms with Gasteiger partial charge in [-0.15, -0.1) is 0 Å². The Morgan fingerprint density at radius 1 is 1.17 bits per heavy atom. The smallest absolute Gasteiger partial charge is 0.137 e. The molecule has 0 unspecified atom stereocenters. The molecule has 0 fully saturated rings. The summed E-state index contributed by atoms with van der Waals surface area (Å²) in [5.74, 6) is -0.206. The molecule has 0 radical (unpaired) electrons. The van der Waals surface area contributed by atoms with Crippen LogP contribution in [0.3, 0.4) is 0 Å². The highest BCUT2D eigenvalue weighted by molar-refractivity contribution is 9.10. The van der Waals surface area contributed by atoms with Crippen molar-refractivity contribution >= 4 is 15.9 Å². The fraction of sp³-hybridized carbons (Fsp3) is 0.600. The van der Waals surface area contributed by atoms with Gasteiger partial charge in [0.25, 0.3) is 0 Å². The van der Waals surface area contributed by atoms with Crippen LogP contribution in [-0.4, -0.2) is 5.54 Å². The van der Waals surface area contributed by atoms with Gasteiger partial charge in [-0.25, -0.2) is 4.39 Å². The van der Waals surface area contributed by atoms with Crippen molar-refractivity contribution < 1.29 is 4.39 Å². The first kappa shape index (κ1) is 15.6. The molecule has 0 spiro atoms. The Labute approximate surface area is 118 Å². The summed E-state index contributed by atoms with van der Waals surface area (Å²) in [6.07, 6.45) is 1.07. The zero-order chi connectivity index (χ0) is 14.0. The Hall–Kier alpha value is -0.410. The number of nitrogens with one attached hydrogen (secondary N) is 1. The molecule has 1 aromatic carbocycles. The van der Waals surface area contributed by atoms with Crippen molar-refractivity contribution in [2.24, 2.45) is 5.41 Å². The van der Waals surface area contributed by atoms with Gasteiger partial charge >= 0.3 is 0 Å². The van der Waals surface area contributed by atoms with Crippen molar-refractivity contribution in [3.63, 3.8) is 0 Å². The van der Waals surface area contributed by atoms with Gasteiger partial charge in [0.1, 0.15) is 5.82 Å². The maximum absolute atomic E-state index is 13.4. The van der Waals surface area contributed by atoms with E-state index in [1.54, 1.807) is 12.1 Å². The predicted molar refractivity (Wildman–Crippen MR) is 79.1 cm³/mol. The summed E-state index contributed by atoms with van der Waals surface area (Å²) < 4.78 is 13.9. The molecule has 0 aromatic heterocycles. The molecule has 0 bridgehead atoms. The molecule has 1 nitrogen and oxygen atoms in total. The van der Waals surface area contributed by atoms with E-state index in [9.17, 15) is 4.39 Å². The Kier molecular flexibility index (Phi) is 4.96. The first-order valence-corrected chi connectivity index (χ1v) is 7.07. The molecule has 0 atom stereocenters. The molecule has 0 aliphatic rings. The van der Waals surface area contributed by atoms with Gasteiger partial charge in [-0.05, 0) is 59.3 Å². The number of hydrogen-bond donors (Lipinski definition) is 1. The van der Waals surface area contributed by atoms with Crippen LogP contribution in [0.1, 0.15) is 46.6 Å². The largest absolute Gasteiger partial charge is 0.308 e. The second-order valence-corrected chi connectivity index (χ2v) is 7.58. The van der Waals surface area contributed by atoms with E-state index in [1.165, 1.54) is 0 Å². The number of benzene rings is 1. The number of rotatable bonds is 4. The zero-order valence-electron chi connectivity index (χ0n) is 11.9. The number of halogens is 2. The molecule has 0 amide bonds. The lowest BCUT2D eigenvalue weighted by molar-refractivity contribution is 0.240. The average Bonchev–Trinajstić information content (AvgIpc) is 2.16. The lowest BCUT2D eigenvalue weighted by Crippen LogP contribution is -2.41. The second-order valence-electron chi connectivity index (χ2n) is 6.72. The Bertz CT molecular complexity index is 407. The van der Waals surface area contributed by atoms with Crippen LogP contribution in [-0.2, 0) is 6.54 Å². The molecule has 102 valence electrons. The van der Waals surface area contributed by atoms with Crippen LogP contribution in [0.5, 0.6) is 0 Å². The van der Waals surface area contributed by atoms with Gasteiger partial charge in [0, 0.05) is 12.1 Å². The second kappa shape index (κ2) is 5.70. The SMILES string of the molecule is CC(C)(C)CC(C)(C)NCc1ccc(Br)c(F)c1. The first-order chi connectivity index (χ1) is 8.09. The van der Waals surface area contributed by atoms with E-state index in [0.29, 0.717) is 11.0 Å². The normalized spacial score (nSPS) is 12.8. The van der Waals surface area contributed by atoms with Gasteiger partial charge in [0.05, 0.1) is 4.47 Å². The van der Waals surface area contributed by atoms with Gasteiger partial charge in [-0.1, -0.05) is 26.8 Å². The quantitative estimate of drug-likeness (QED) is 0.834. The molecular weight excluding hydrogens is 293 g/mol. The summed E-state index contributed by atoms with van der Waals surface area (Å²) in [4.78, 5) is 0. The fourth-order valence-electron chi connectivity index (χ4n) is 2.38. The lowest BCUT2D eigenvalue weighted by Gasteiger charge is -2.33. The summed E-state index contributed by atoms with van der Waals surface area (Å²) in [6, 6.07) is 5.26. The highest BCUT2D eigenvalue weighted by atomic mass is 79.9. The van der Waals surface area contributed by atoms with Crippen LogP contribution in [0.15, 0.2) is 22.7 Å². The molecular formula is C15H23BrFN. The molecule has 0 aliphatic carbocycles. The summed E-state index contributed by atoms with van der Waals surface area (Å²) in [6.45, 7) is 11.8. The van der Waals surface area contributed by atoms with E-state index in [-0.39, 0.29) is 16.8 Å². The van der Waals surface area contributed by atoms with E-state index in [2.05, 4.69) is 55.9 Å². The van der Waals surface area contributed by atoms with Gasteiger partial charge in [0.15, 0.2) is 0 Å². The van der Waals surface area contributed by atoms with Crippen molar-refractivity contribution in [3.05, 3.63) is 34.1 Å². The Balaban J connectivity index is 2.61. The fourth-order valence-corrected chi connectivity index (χ4v) is 2.63. The molecule has 1 N–H and O–H groups in total. The topological polar surface area (TPSA) is 12.0 Å². The maximum Gasteiger partial charge on any atom is 0.137 e. The molecule has 0 saturated carbocycles. The van der Waals surface area contributed by atoms with Crippen LogP contribution in [0.4, 0.5) is 4.39 Å². The van der Waals surface area contributed by atoms with Crippen molar-refractivity contribution in [2.45, 2.75) is 53.1 Å². The third kappa shape index (κ3) is 5.49. The van der Waals surface area contributed by atoms with Crippen LogP contribution < -0.4 is 5.32 Å². The summed E-state index contributed by atoms with van der Waals surface area (Å²) in [5, 5.41) is 3.50. The van der Waals surface area contributed by atoms with Gasteiger partial charge in [0.2, 0.25) is 0 Å². The molecule has 0 saturated heterocycles. The molecule has 18 heavy (non-hydrogen) atoms. The lowest BCUT2D eigenvalue weighted by atomic mass is 9.82. The minimum absolute atomic E-state index is 0.0435. The molecule has 0 aliphatic heterocycles. The highest BCUT2D eigenvalue weighted by Gasteiger charge is 2.24. The van der Waals surface area contributed by atoms with Crippen molar-refractivity contribution in [1.82, 2.24) is 5.32 Å². The third-order valence-electron chi connectivity index (χ3n) is 2.73. The minimum Gasteiger partial charge on any atom is -0.308 e. The zero-order valence-corrected chi connectivity index (χ0v) is 13.5. The van der Waals surface area contributed by atoms with Crippen LogP contribution in [0.2, 0.25) is 0 Å². The van der Waals surface area contributed by atoms with Crippen molar-refractivity contribution in [2.75, 3.05) is 0 Å². The van der Waals surface area contributed by atoms with Gasteiger partial charge < -0.3 is 5.32 Å². The highest BCUT2D eigenvalue weighted by Crippen LogP contribution is 2.27. The van der Waals surface area contributed by atoms with E-state index < -0.39 is 0 Å². The average molecular weight is 316 g/mol. The monoisotopic (exact) mass is 315 g/mol.